The largest absolute Gasteiger partial charge is 0.315 e. The van der Waals surface area contributed by atoms with Crippen LogP contribution in [0.1, 0.15) is 18.4 Å². The molecule has 0 unspecified atom stereocenters. The van der Waals surface area contributed by atoms with E-state index in [2.05, 4.69) is 11.4 Å². The summed E-state index contributed by atoms with van der Waals surface area (Å²) in [5, 5.41) is 12.0. The van der Waals surface area contributed by atoms with Crippen molar-refractivity contribution in [1.29, 1.82) is 5.26 Å². The molecule has 0 aliphatic heterocycles. The van der Waals surface area contributed by atoms with Crippen molar-refractivity contribution >= 4 is 0 Å². The molecule has 1 aromatic rings. The number of benzene rings is 1. The van der Waals surface area contributed by atoms with Crippen LogP contribution in [0.25, 0.3) is 0 Å². The fourth-order valence-corrected chi connectivity index (χ4v) is 1.75. The highest BCUT2D eigenvalue weighted by molar-refractivity contribution is 5.19. The Morgan fingerprint density at radius 2 is 2.12 bits per heavy atom. The molecule has 0 aromatic heterocycles. The van der Waals surface area contributed by atoms with Crippen LogP contribution in [0.2, 0.25) is 0 Å². The molecule has 0 amide bonds. The quantitative estimate of drug-likeness (QED) is 0.797. The lowest BCUT2D eigenvalue weighted by molar-refractivity contribution is 0.544. The topological polar surface area (TPSA) is 35.8 Å². The van der Waals surface area contributed by atoms with Gasteiger partial charge in [0, 0.05) is 12.6 Å². The van der Waals surface area contributed by atoms with Crippen LogP contribution < -0.4 is 5.32 Å². The molecule has 1 aliphatic rings. The highest BCUT2D eigenvalue weighted by Crippen LogP contribution is 2.43. The summed E-state index contributed by atoms with van der Waals surface area (Å²) >= 11 is 0. The fourth-order valence-electron chi connectivity index (χ4n) is 1.75. The normalized spacial score (nSPS) is 16.5. The van der Waals surface area contributed by atoms with Crippen molar-refractivity contribution in [3.05, 3.63) is 35.4 Å². The first kappa shape index (κ1) is 12.0. The van der Waals surface area contributed by atoms with Gasteiger partial charge in [0.05, 0.1) is 11.5 Å². The first-order chi connectivity index (χ1) is 8.15. The van der Waals surface area contributed by atoms with Gasteiger partial charge in [0.25, 0.3) is 0 Å². The van der Waals surface area contributed by atoms with Gasteiger partial charge in [-0.05, 0) is 37.4 Å². The lowest BCUT2D eigenvalue weighted by atomic mass is 10.1. The summed E-state index contributed by atoms with van der Waals surface area (Å²) in [7, 11) is 0. The molecule has 0 radical (unpaired) electrons. The van der Waals surface area contributed by atoms with Gasteiger partial charge in [0.15, 0.2) is 0 Å². The summed E-state index contributed by atoms with van der Waals surface area (Å²) in [6.45, 7) is 1.26. The second-order valence-electron chi connectivity index (χ2n) is 4.55. The SMILES string of the molecule is N#CC1(CNCCc2ccc(F)cc2F)CC1. The Morgan fingerprint density at radius 1 is 1.35 bits per heavy atom. The van der Waals surface area contributed by atoms with E-state index < -0.39 is 11.6 Å². The Labute approximate surface area is 99.3 Å². The molecule has 90 valence electrons. The maximum atomic E-state index is 13.3. The Bertz CT molecular complexity index is 447. The maximum Gasteiger partial charge on any atom is 0.129 e. The summed E-state index contributed by atoms with van der Waals surface area (Å²) in [5.41, 5.74) is 0.321. The van der Waals surface area contributed by atoms with E-state index in [-0.39, 0.29) is 5.41 Å². The molecule has 0 heterocycles. The predicted molar refractivity (Wildman–Crippen MR) is 60.2 cm³/mol. The second kappa shape index (κ2) is 4.80. The number of nitrogens with zero attached hydrogens (tertiary/aromatic N) is 1. The highest BCUT2D eigenvalue weighted by Gasteiger charge is 2.42. The lowest BCUT2D eigenvalue weighted by Crippen LogP contribution is -2.25. The van der Waals surface area contributed by atoms with Crippen LogP contribution in [0, 0.1) is 28.4 Å². The van der Waals surface area contributed by atoms with E-state index in [1.165, 1.54) is 12.1 Å². The zero-order valence-electron chi connectivity index (χ0n) is 9.47. The Hall–Kier alpha value is -1.47. The molecule has 0 spiro atoms. The second-order valence-corrected chi connectivity index (χ2v) is 4.55. The van der Waals surface area contributed by atoms with E-state index in [1.807, 2.05) is 0 Å². The number of nitrogens with one attached hydrogen (secondary N) is 1. The Morgan fingerprint density at radius 3 is 2.71 bits per heavy atom. The minimum atomic E-state index is -0.555. The first-order valence-corrected chi connectivity index (χ1v) is 5.71. The molecule has 1 fully saturated rings. The molecule has 2 rings (SSSR count). The van der Waals surface area contributed by atoms with Crippen LogP contribution >= 0.6 is 0 Å². The average Bonchev–Trinajstić information content (AvgIpc) is 3.07. The van der Waals surface area contributed by atoms with Crippen molar-refractivity contribution < 1.29 is 8.78 Å². The molecule has 0 atom stereocenters. The highest BCUT2D eigenvalue weighted by atomic mass is 19.1. The standard InChI is InChI=1S/C13H14F2N2/c14-11-2-1-10(12(15)7-11)3-6-17-9-13(8-16)4-5-13/h1-2,7,17H,3-6,9H2. The third-order valence-corrected chi connectivity index (χ3v) is 3.14. The molecule has 4 heteroatoms. The monoisotopic (exact) mass is 236 g/mol. The Kier molecular flexibility index (Phi) is 3.39. The van der Waals surface area contributed by atoms with Crippen molar-refractivity contribution in [2.24, 2.45) is 5.41 Å². The zero-order chi connectivity index (χ0) is 12.3. The number of hydrogen-bond acceptors (Lipinski definition) is 2. The fraction of sp³-hybridized carbons (Fsp3) is 0.462. The minimum absolute atomic E-state index is 0.179. The molecule has 1 N–H and O–H groups in total. The Balaban J connectivity index is 1.77. The average molecular weight is 236 g/mol. The van der Waals surface area contributed by atoms with Gasteiger partial charge in [-0.1, -0.05) is 6.07 Å². The molecule has 1 aromatic carbocycles. The summed E-state index contributed by atoms with van der Waals surface area (Å²) in [4.78, 5) is 0. The molecule has 0 saturated heterocycles. The van der Waals surface area contributed by atoms with Crippen LogP contribution in [0.15, 0.2) is 18.2 Å². The third-order valence-electron chi connectivity index (χ3n) is 3.14. The maximum absolute atomic E-state index is 13.3. The molecule has 2 nitrogen and oxygen atoms in total. The van der Waals surface area contributed by atoms with Crippen LogP contribution in [-0.4, -0.2) is 13.1 Å². The van der Waals surface area contributed by atoms with Gasteiger partial charge in [-0.15, -0.1) is 0 Å². The van der Waals surface area contributed by atoms with Gasteiger partial charge >= 0.3 is 0 Å². The molecule has 0 bridgehead atoms. The number of halogens is 2. The van der Waals surface area contributed by atoms with Gasteiger partial charge in [-0.3, -0.25) is 0 Å². The minimum Gasteiger partial charge on any atom is -0.315 e. The molecular weight excluding hydrogens is 222 g/mol. The summed E-state index contributed by atoms with van der Waals surface area (Å²) in [6, 6.07) is 5.90. The predicted octanol–water partition coefficient (Wildman–Crippen LogP) is 2.40. The summed E-state index contributed by atoms with van der Waals surface area (Å²) in [6.07, 6.45) is 2.40. The van der Waals surface area contributed by atoms with Crippen molar-refractivity contribution in [2.75, 3.05) is 13.1 Å². The van der Waals surface area contributed by atoms with Gasteiger partial charge in [-0.2, -0.15) is 5.26 Å². The van der Waals surface area contributed by atoms with E-state index >= 15 is 0 Å². The zero-order valence-corrected chi connectivity index (χ0v) is 9.47. The van der Waals surface area contributed by atoms with E-state index in [0.29, 0.717) is 25.1 Å². The van der Waals surface area contributed by atoms with Gasteiger partial charge in [0.2, 0.25) is 0 Å². The smallest absolute Gasteiger partial charge is 0.129 e. The van der Waals surface area contributed by atoms with Crippen LogP contribution in [0.3, 0.4) is 0 Å². The first-order valence-electron chi connectivity index (χ1n) is 5.71. The van der Waals surface area contributed by atoms with Crippen LogP contribution in [-0.2, 0) is 6.42 Å². The van der Waals surface area contributed by atoms with Crippen molar-refractivity contribution in [2.45, 2.75) is 19.3 Å². The number of hydrogen-bond donors (Lipinski definition) is 1. The van der Waals surface area contributed by atoms with E-state index in [9.17, 15) is 8.78 Å². The molecule has 17 heavy (non-hydrogen) atoms. The molecular formula is C13H14F2N2. The van der Waals surface area contributed by atoms with Gasteiger partial charge in [0.1, 0.15) is 11.6 Å². The summed E-state index contributed by atoms with van der Waals surface area (Å²) < 4.78 is 25.9. The van der Waals surface area contributed by atoms with E-state index in [4.69, 9.17) is 5.26 Å². The third kappa shape index (κ3) is 3.01. The van der Waals surface area contributed by atoms with Crippen LogP contribution in [0.4, 0.5) is 8.78 Å². The van der Waals surface area contributed by atoms with Crippen molar-refractivity contribution in [1.82, 2.24) is 5.32 Å². The van der Waals surface area contributed by atoms with Gasteiger partial charge in [-0.25, -0.2) is 8.78 Å². The number of rotatable bonds is 5. The lowest BCUT2D eigenvalue weighted by Gasteiger charge is -2.08. The molecule has 1 aliphatic carbocycles. The van der Waals surface area contributed by atoms with E-state index in [1.54, 1.807) is 0 Å². The summed E-state index contributed by atoms with van der Waals surface area (Å²) in [5.74, 6) is -1.06. The van der Waals surface area contributed by atoms with Crippen molar-refractivity contribution in [3.63, 3.8) is 0 Å². The molecule has 1 saturated carbocycles. The van der Waals surface area contributed by atoms with Gasteiger partial charge < -0.3 is 5.32 Å². The van der Waals surface area contributed by atoms with Crippen LogP contribution in [0.5, 0.6) is 0 Å². The number of nitriles is 1. The van der Waals surface area contributed by atoms with E-state index in [0.717, 1.165) is 18.9 Å². The van der Waals surface area contributed by atoms with Crippen molar-refractivity contribution in [3.8, 4) is 6.07 Å².